The summed E-state index contributed by atoms with van der Waals surface area (Å²) < 4.78 is 12.5. The van der Waals surface area contributed by atoms with Crippen LogP contribution in [0.4, 0.5) is 0 Å². The van der Waals surface area contributed by atoms with E-state index in [4.69, 9.17) is 9.15 Å². The van der Waals surface area contributed by atoms with Crippen molar-refractivity contribution in [1.82, 2.24) is 15.1 Å². The van der Waals surface area contributed by atoms with Crippen molar-refractivity contribution in [3.8, 4) is 11.5 Å². The van der Waals surface area contributed by atoms with Crippen LogP contribution in [0.25, 0.3) is 11.5 Å². The second-order valence-electron chi connectivity index (χ2n) is 5.43. The summed E-state index contributed by atoms with van der Waals surface area (Å²) >= 11 is 3.50. The topological polar surface area (TPSA) is 51.4 Å². The molecule has 1 aromatic carbocycles. The predicted molar refractivity (Wildman–Crippen MR) is 82.7 cm³/mol. The fraction of sp³-hybridized carbons (Fsp3) is 0.467. The normalized spacial score (nSPS) is 23.4. The summed E-state index contributed by atoms with van der Waals surface area (Å²) in [5, 5.41) is 8.30. The molecule has 1 fully saturated rings. The predicted octanol–water partition coefficient (Wildman–Crippen LogP) is 3.11. The van der Waals surface area contributed by atoms with Gasteiger partial charge in [0.2, 0.25) is 11.8 Å². The minimum Gasteiger partial charge on any atom is -0.419 e. The highest BCUT2D eigenvalue weighted by molar-refractivity contribution is 9.10. The Balaban J connectivity index is 1.72. The van der Waals surface area contributed by atoms with E-state index in [1.165, 1.54) is 0 Å². The molecule has 0 bridgehead atoms. The zero-order chi connectivity index (χ0) is 14.8. The van der Waals surface area contributed by atoms with E-state index in [-0.39, 0.29) is 12.2 Å². The van der Waals surface area contributed by atoms with Crippen LogP contribution in [0.15, 0.2) is 33.2 Å². The van der Waals surface area contributed by atoms with Gasteiger partial charge >= 0.3 is 0 Å². The number of ether oxygens (including phenoxy) is 1. The monoisotopic (exact) mass is 351 g/mol. The Morgan fingerprint density at radius 2 is 1.90 bits per heavy atom. The molecule has 2 aromatic rings. The van der Waals surface area contributed by atoms with E-state index in [1.807, 2.05) is 24.3 Å². The lowest BCUT2D eigenvalue weighted by atomic mass is 10.2. The van der Waals surface area contributed by atoms with Gasteiger partial charge in [0.1, 0.15) is 0 Å². The third-order valence-corrected chi connectivity index (χ3v) is 4.12. The van der Waals surface area contributed by atoms with E-state index in [0.717, 1.165) is 23.1 Å². The molecule has 2 heterocycles. The maximum Gasteiger partial charge on any atom is 0.248 e. The zero-order valence-corrected chi connectivity index (χ0v) is 13.7. The van der Waals surface area contributed by atoms with E-state index in [0.29, 0.717) is 18.3 Å². The fourth-order valence-electron chi connectivity index (χ4n) is 2.67. The number of aromatic nitrogens is 2. The third-order valence-electron chi connectivity index (χ3n) is 3.43. The van der Waals surface area contributed by atoms with Gasteiger partial charge in [-0.3, -0.25) is 4.90 Å². The summed E-state index contributed by atoms with van der Waals surface area (Å²) in [6.07, 6.45) is 0.471. The van der Waals surface area contributed by atoms with E-state index in [2.05, 4.69) is 44.9 Å². The first-order valence-corrected chi connectivity index (χ1v) is 7.86. The number of rotatable bonds is 3. The fourth-order valence-corrected chi connectivity index (χ4v) is 3.12. The van der Waals surface area contributed by atoms with Crippen molar-refractivity contribution in [2.75, 3.05) is 13.1 Å². The summed E-state index contributed by atoms with van der Waals surface area (Å²) in [7, 11) is 0. The molecule has 1 aliphatic heterocycles. The highest BCUT2D eigenvalue weighted by Gasteiger charge is 2.23. The van der Waals surface area contributed by atoms with Gasteiger partial charge in [-0.25, -0.2) is 0 Å². The molecule has 1 aliphatic rings. The molecule has 5 nitrogen and oxygen atoms in total. The van der Waals surface area contributed by atoms with Crippen molar-refractivity contribution in [2.45, 2.75) is 32.6 Å². The van der Waals surface area contributed by atoms with Crippen molar-refractivity contribution in [1.29, 1.82) is 0 Å². The first kappa shape index (κ1) is 14.7. The molecular weight excluding hydrogens is 334 g/mol. The largest absolute Gasteiger partial charge is 0.419 e. The molecule has 0 saturated carbocycles. The van der Waals surface area contributed by atoms with Crippen LogP contribution in [0.2, 0.25) is 0 Å². The highest BCUT2D eigenvalue weighted by Crippen LogP contribution is 2.27. The lowest BCUT2D eigenvalue weighted by Crippen LogP contribution is -2.44. The highest BCUT2D eigenvalue weighted by atomic mass is 79.9. The first-order valence-electron chi connectivity index (χ1n) is 7.07. The summed E-state index contributed by atoms with van der Waals surface area (Å²) in [4.78, 5) is 2.29. The van der Waals surface area contributed by atoms with Gasteiger partial charge in [-0.2, -0.15) is 0 Å². The van der Waals surface area contributed by atoms with Gasteiger partial charge < -0.3 is 9.15 Å². The standard InChI is InChI=1S/C15H18BrN3O2/c1-10-7-19(8-11(2)20-10)9-14-17-18-15(21-14)12-5-3-4-6-13(12)16/h3-6,10-11H,7-9H2,1-2H3/t10-,11-/m1/s1. The number of halogens is 1. The molecule has 0 unspecified atom stereocenters. The minimum atomic E-state index is 0.236. The Morgan fingerprint density at radius 3 is 2.62 bits per heavy atom. The Hall–Kier alpha value is -1.24. The van der Waals surface area contributed by atoms with Crippen LogP contribution in [0.1, 0.15) is 19.7 Å². The maximum atomic E-state index is 5.79. The molecule has 0 spiro atoms. The molecule has 112 valence electrons. The van der Waals surface area contributed by atoms with E-state index in [9.17, 15) is 0 Å². The zero-order valence-electron chi connectivity index (χ0n) is 12.1. The second-order valence-corrected chi connectivity index (χ2v) is 6.29. The van der Waals surface area contributed by atoms with Gasteiger partial charge in [-0.05, 0) is 41.9 Å². The number of hydrogen-bond donors (Lipinski definition) is 0. The van der Waals surface area contributed by atoms with Crippen molar-refractivity contribution in [3.63, 3.8) is 0 Å². The molecule has 0 aliphatic carbocycles. The van der Waals surface area contributed by atoms with E-state index < -0.39 is 0 Å². The summed E-state index contributed by atoms with van der Waals surface area (Å²) in [6.45, 7) is 6.61. The van der Waals surface area contributed by atoms with Gasteiger partial charge in [0.15, 0.2) is 0 Å². The first-order chi connectivity index (χ1) is 10.1. The van der Waals surface area contributed by atoms with E-state index >= 15 is 0 Å². The van der Waals surface area contributed by atoms with Crippen LogP contribution < -0.4 is 0 Å². The Morgan fingerprint density at radius 1 is 1.19 bits per heavy atom. The molecule has 21 heavy (non-hydrogen) atoms. The molecule has 1 aromatic heterocycles. The number of hydrogen-bond acceptors (Lipinski definition) is 5. The van der Waals surface area contributed by atoms with Crippen LogP contribution in [-0.2, 0) is 11.3 Å². The van der Waals surface area contributed by atoms with Crippen molar-refractivity contribution < 1.29 is 9.15 Å². The molecule has 0 amide bonds. The van der Waals surface area contributed by atoms with Crippen molar-refractivity contribution in [3.05, 3.63) is 34.6 Å². The van der Waals surface area contributed by atoms with Gasteiger partial charge in [-0.1, -0.05) is 12.1 Å². The van der Waals surface area contributed by atoms with Crippen LogP contribution in [0, 0.1) is 0 Å². The Kier molecular flexibility index (Phi) is 4.37. The third kappa shape index (κ3) is 3.51. The average molecular weight is 352 g/mol. The van der Waals surface area contributed by atoms with Gasteiger partial charge in [-0.15, -0.1) is 10.2 Å². The number of morpholine rings is 1. The summed E-state index contributed by atoms with van der Waals surface area (Å²) in [5.41, 5.74) is 0.917. The quantitative estimate of drug-likeness (QED) is 0.850. The molecule has 0 radical (unpaired) electrons. The number of benzene rings is 1. The second kappa shape index (κ2) is 6.25. The van der Waals surface area contributed by atoms with Gasteiger partial charge in [0.05, 0.1) is 24.3 Å². The van der Waals surface area contributed by atoms with Gasteiger partial charge in [0.25, 0.3) is 0 Å². The Bertz CT molecular complexity index is 606. The lowest BCUT2D eigenvalue weighted by molar-refractivity contribution is -0.0721. The molecule has 6 heteroatoms. The summed E-state index contributed by atoms with van der Waals surface area (Å²) in [5.74, 6) is 1.19. The SMILES string of the molecule is C[C@@H]1CN(Cc2nnc(-c3ccccc3Br)o2)C[C@@H](C)O1. The lowest BCUT2D eigenvalue weighted by Gasteiger charge is -2.34. The van der Waals surface area contributed by atoms with E-state index in [1.54, 1.807) is 0 Å². The maximum absolute atomic E-state index is 5.79. The average Bonchev–Trinajstić information content (AvgIpc) is 2.86. The van der Waals surface area contributed by atoms with Crippen LogP contribution >= 0.6 is 15.9 Å². The van der Waals surface area contributed by atoms with Crippen LogP contribution in [0.3, 0.4) is 0 Å². The summed E-state index contributed by atoms with van der Waals surface area (Å²) in [6, 6.07) is 7.83. The molecule has 0 N–H and O–H groups in total. The molecular formula is C15H18BrN3O2. The minimum absolute atomic E-state index is 0.236. The van der Waals surface area contributed by atoms with Crippen molar-refractivity contribution >= 4 is 15.9 Å². The number of nitrogens with zero attached hydrogens (tertiary/aromatic N) is 3. The van der Waals surface area contributed by atoms with Gasteiger partial charge in [0, 0.05) is 17.6 Å². The van der Waals surface area contributed by atoms with Crippen LogP contribution in [-0.4, -0.2) is 40.4 Å². The van der Waals surface area contributed by atoms with Crippen molar-refractivity contribution in [2.24, 2.45) is 0 Å². The Labute approximate surface area is 132 Å². The molecule has 2 atom stereocenters. The van der Waals surface area contributed by atoms with Crippen LogP contribution in [0.5, 0.6) is 0 Å². The molecule has 3 rings (SSSR count). The molecule has 1 saturated heterocycles. The smallest absolute Gasteiger partial charge is 0.248 e.